The predicted octanol–water partition coefficient (Wildman–Crippen LogP) is 0.949. The lowest BCUT2D eigenvalue weighted by Gasteiger charge is -2.02. The average molecular weight is 256 g/mol. The van der Waals surface area contributed by atoms with Crippen molar-refractivity contribution < 1.29 is 28.5 Å². The second-order valence-electron chi connectivity index (χ2n) is 2.74. The zero-order valence-corrected chi connectivity index (χ0v) is 10.0. The Morgan fingerprint density at radius 3 is 1.50 bits per heavy atom. The second-order valence-corrected chi connectivity index (χ2v) is 2.74. The summed E-state index contributed by atoms with van der Waals surface area (Å²) in [5.41, 5.74) is 0. The van der Waals surface area contributed by atoms with Crippen molar-refractivity contribution in [3.63, 3.8) is 0 Å². The molecule has 0 N–H and O–H groups in total. The lowest BCUT2D eigenvalue weighted by atomic mass is 10.5. The van der Waals surface area contributed by atoms with E-state index >= 15 is 0 Å². The van der Waals surface area contributed by atoms with Crippen LogP contribution in [0.3, 0.4) is 0 Å². The van der Waals surface area contributed by atoms with Crippen LogP contribution in [0.5, 0.6) is 0 Å². The highest BCUT2D eigenvalue weighted by molar-refractivity contribution is 5.91. The molecule has 0 fully saturated rings. The van der Waals surface area contributed by atoms with E-state index in [2.05, 4.69) is 13.2 Å². The molecule has 0 aromatic carbocycles. The first-order valence-electron chi connectivity index (χ1n) is 5.17. The zero-order chi connectivity index (χ0) is 13.6. The zero-order valence-electron chi connectivity index (χ0n) is 10.0. The Morgan fingerprint density at radius 2 is 1.17 bits per heavy atom. The molecule has 0 heterocycles. The Bertz CT molecular complexity index is 278. The van der Waals surface area contributed by atoms with Gasteiger partial charge in [-0.15, -0.1) is 0 Å². The summed E-state index contributed by atoms with van der Waals surface area (Å²) in [7, 11) is 0. The quantitative estimate of drug-likeness (QED) is 0.251. The van der Waals surface area contributed by atoms with Gasteiger partial charge in [-0.1, -0.05) is 13.2 Å². The molecule has 0 aliphatic heterocycles. The van der Waals surface area contributed by atoms with E-state index in [1.807, 2.05) is 0 Å². The van der Waals surface area contributed by atoms with E-state index in [0.717, 1.165) is 12.2 Å². The van der Waals surface area contributed by atoms with E-state index in [-0.39, 0.29) is 26.4 Å². The van der Waals surface area contributed by atoms with Crippen LogP contribution in [0.4, 0.5) is 0 Å². The molecule has 0 saturated heterocycles. The summed E-state index contributed by atoms with van der Waals surface area (Å²) in [6, 6.07) is 0. The predicted molar refractivity (Wildman–Crippen MR) is 63.4 cm³/mol. The maximum absolute atomic E-state index is 11.1. The van der Waals surface area contributed by atoms with Gasteiger partial charge >= 0.3 is 11.9 Å². The van der Waals surface area contributed by atoms with Gasteiger partial charge in [-0.05, 0) is 0 Å². The molecule has 0 aliphatic carbocycles. The lowest BCUT2D eigenvalue weighted by Crippen LogP contribution is -2.09. The van der Waals surface area contributed by atoms with E-state index in [1.165, 1.54) is 12.5 Å². The van der Waals surface area contributed by atoms with E-state index < -0.39 is 11.9 Å². The fourth-order valence-electron chi connectivity index (χ4n) is 0.780. The van der Waals surface area contributed by atoms with Gasteiger partial charge in [0.1, 0.15) is 26.4 Å². The summed E-state index contributed by atoms with van der Waals surface area (Å²) in [5.74, 6) is -1.30. The van der Waals surface area contributed by atoms with Crippen molar-refractivity contribution in [3.05, 3.63) is 37.8 Å². The van der Waals surface area contributed by atoms with Crippen LogP contribution in [0.25, 0.3) is 0 Å². The van der Waals surface area contributed by atoms with Crippen molar-refractivity contribution in [1.29, 1.82) is 0 Å². The minimum atomic E-state index is -0.651. The van der Waals surface area contributed by atoms with Crippen LogP contribution in [0.2, 0.25) is 0 Å². The summed E-state index contributed by atoms with van der Waals surface area (Å²) >= 11 is 0. The maximum atomic E-state index is 11.1. The van der Waals surface area contributed by atoms with Crippen molar-refractivity contribution in [2.45, 2.75) is 0 Å². The van der Waals surface area contributed by atoms with Crippen molar-refractivity contribution in [1.82, 2.24) is 0 Å². The third-order valence-corrected chi connectivity index (χ3v) is 1.48. The molecule has 0 atom stereocenters. The number of esters is 2. The first-order valence-corrected chi connectivity index (χ1v) is 5.17. The third kappa shape index (κ3) is 10.3. The number of hydrogen-bond acceptors (Lipinski definition) is 6. The summed E-state index contributed by atoms with van der Waals surface area (Å²) in [4.78, 5) is 22.1. The Hall–Kier alpha value is -2.24. The summed E-state index contributed by atoms with van der Waals surface area (Å²) in [6.07, 6.45) is 4.44. The number of carbonyl (C=O) groups excluding carboxylic acids is 2. The molecule has 6 heteroatoms. The fraction of sp³-hybridized carbons (Fsp3) is 0.333. The molecule has 0 aromatic rings. The van der Waals surface area contributed by atoms with Gasteiger partial charge in [0.05, 0.1) is 12.5 Å². The SMILES string of the molecule is C=COCCOC(=O)/C=C/C(=O)OCCOC=C. The smallest absolute Gasteiger partial charge is 0.331 e. The van der Waals surface area contributed by atoms with Gasteiger partial charge in [0, 0.05) is 12.2 Å². The number of rotatable bonds is 10. The molecule has 0 aliphatic rings. The number of ether oxygens (including phenoxy) is 4. The molecule has 18 heavy (non-hydrogen) atoms. The second kappa shape index (κ2) is 11.3. The summed E-state index contributed by atoms with van der Waals surface area (Å²) < 4.78 is 18.9. The van der Waals surface area contributed by atoms with Crippen molar-refractivity contribution in [2.24, 2.45) is 0 Å². The Labute approximate surface area is 105 Å². The molecule has 100 valence electrons. The van der Waals surface area contributed by atoms with Gasteiger partial charge in [0.2, 0.25) is 0 Å². The lowest BCUT2D eigenvalue weighted by molar-refractivity contribution is -0.141. The van der Waals surface area contributed by atoms with Crippen LogP contribution in [-0.4, -0.2) is 38.4 Å². The van der Waals surface area contributed by atoms with Crippen molar-refractivity contribution in [2.75, 3.05) is 26.4 Å². The molecular weight excluding hydrogens is 240 g/mol. The topological polar surface area (TPSA) is 71.1 Å². The molecule has 0 bridgehead atoms. The molecular formula is C12H16O6. The van der Waals surface area contributed by atoms with Gasteiger partial charge in [-0.25, -0.2) is 9.59 Å². The summed E-state index contributed by atoms with van der Waals surface area (Å²) in [6.45, 7) is 7.24. The van der Waals surface area contributed by atoms with Crippen LogP contribution < -0.4 is 0 Å². The molecule has 0 radical (unpaired) electrons. The van der Waals surface area contributed by atoms with Gasteiger partial charge in [-0.2, -0.15) is 0 Å². The minimum absolute atomic E-state index is 0.0808. The Kier molecular flexibility index (Phi) is 9.85. The first-order chi connectivity index (χ1) is 8.70. The Morgan fingerprint density at radius 1 is 0.778 bits per heavy atom. The molecule has 0 amide bonds. The Balaban J connectivity index is 3.64. The molecule has 0 aromatic heterocycles. The maximum Gasteiger partial charge on any atom is 0.331 e. The van der Waals surface area contributed by atoms with Crippen LogP contribution in [0.1, 0.15) is 0 Å². The largest absolute Gasteiger partial charge is 0.498 e. The highest BCUT2D eigenvalue weighted by Crippen LogP contribution is 1.87. The van der Waals surface area contributed by atoms with Crippen molar-refractivity contribution in [3.8, 4) is 0 Å². The van der Waals surface area contributed by atoms with Crippen LogP contribution in [0, 0.1) is 0 Å². The minimum Gasteiger partial charge on any atom is -0.498 e. The first kappa shape index (κ1) is 15.8. The monoisotopic (exact) mass is 256 g/mol. The van der Waals surface area contributed by atoms with Gasteiger partial charge < -0.3 is 18.9 Å². The summed E-state index contributed by atoms with van der Waals surface area (Å²) in [5, 5.41) is 0. The van der Waals surface area contributed by atoms with Crippen LogP contribution >= 0.6 is 0 Å². The molecule has 0 unspecified atom stereocenters. The molecule has 0 rings (SSSR count). The standard InChI is InChI=1S/C12H16O6/c1-3-15-7-9-17-11(13)5-6-12(14)18-10-8-16-4-2/h3-6H,1-2,7-10H2/b6-5+. The van der Waals surface area contributed by atoms with E-state index in [0.29, 0.717) is 0 Å². The van der Waals surface area contributed by atoms with E-state index in [1.54, 1.807) is 0 Å². The molecule has 0 spiro atoms. The number of hydrogen-bond donors (Lipinski definition) is 0. The van der Waals surface area contributed by atoms with Crippen LogP contribution in [-0.2, 0) is 28.5 Å². The molecule has 6 nitrogen and oxygen atoms in total. The highest BCUT2D eigenvalue weighted by atomic mass is 16.6. The number of carbonyl (C=O) groups is 2. The fourth-order valence-corrected chi connectivity index (χ4v) is 0.780. The normalized spacial score (nSPS) is 9.56. The van der Waals surface area contributed by atoms with Crippen molar-refractivity contribution >= 4 is 11.9 Å². The van der Waals surface area contributed by atoms with Gasteiger partial charge in [-0.3, -0.25) is 0 Å². The molecule has 0 saturated carbocycles. The van der Waals surface area contributed by atoms with Crippen LogP contribution in [0.15, 0.2) is 37.8 Å². The van der Waals surface area contributed by atoms with Gasteiger partial charge in [0.15, 0.2) is 0 Å². The van der Waals surface area contributed by atoms with E-state index in [4.69, 9.17) is 18.9 Å². The third-order valence-electron chi connectivity index (χ3n) is 1.48. The van der Waals surface area contributed by atoms with E-state index in [9.17, 15) is 9.59 Å². The average Bonchev–Trinajstić information content (AvgIpc) is 2.37. The van der Waals surface area contributed by atoms with Gasteiger partial charge in [0.25, 0.3) is 0 Å². The highest BCUT2D eigenvalue weighted by Gasteiger charge is 2.00.